The Hall–Kier alpha value is -2.12. The molecule has 1 N–H and O–H groups in total. The molecule has 3 amide bonds. The minimum absolute atomic E-state index is 0.0678. The van der Waals surface area contributed by atoms with Crippen molar-refractivity contribution in [1.29, 1.82) is 0 Å². The second-order valence-corrected chi connectivity index (χ2v) is 8.55. The van der Waals surface area contributed by atoms with E-state index in [4.69, 9.17) is 16.0 Å². The summed E-state index contributed by atoms with van der Waals surface area (Å²) < 4.78 is 5.29. The molecular weight excluding hydrogens is 386 g/mol. The van der Waals surface area contributed by atoms with Crippen LogP contribution in [-0.2, 0) is 0 Å². The van der Waals surface area contributed by atoms with Gasteiger partial charge in [0.05, 0.1) is 11.1 Å². The van der Waals surface area contributed by atoms with Crippen molar-refractivity contribution in [2.45, 2.75) is 17.7 Å². The SMILES string of the molecule is O=C(Nc1cccc(Cl)c1)N1CCC2(CC1)SCCN2C(=O)c1ccco1. The van der Waals surface area contributed by atoms with Gasteiger partial charge in [0, 0.05) is 36.1 Å². The first-order valence-electron chi connectivity index (χ1n) is 8.88. The molecule has 0 saturated carbocycles. The van der Waals surface area contributed by atoms with E-state index < -0.39 is 0 Å². The highest BCUT2D eigenvalue weighted by atomic mass is 35.5. The highest BCUT2D eigenvalue weighted by Crippen LogP contribution is 2.44. The van der Waals surface area contributed by atoms with E-state index in [0.717, 1.165) is 18.6 Å². The van der Waals surface area contributed by atoms with Crippen LogP contribution in [0.2, 0.25) is 5.02 Å². The van der Waals surface area contributed by atoms with Crippen LogP contribution in [0.3, 0.4) is 0 Å². The summed E-state index contributed by atoms with van der Waals surface area (Å²) in [6.45, 7) is 1.90. The van der Waals surface area contributed by atoms with Crippen molar-refractivity contribution in [3.63, 3.8) is 0 Å². The number of urea groups is 1. The Bertz CT molecular complexity index is 834. The fourth-order valence-corrected chi connectivity index (χ4v) is 5.32. The Morgan fingerprint density at radius 1 is 1.15 bits per heavy atom. The molecule has 1 spiro atoms. The molecule has 0 unspecified atom stereocenters. The summed E-state index contributed by atoms with van der Waals surface area (Å²) in [5, 5.41) is 3.47. The van der Waals surface area contributed by atoms with E-state index in [1.807, 2.05) is 11.0 Å². The lowest BCUT2D eigenvalue weighted by atomic mass is 10.0. The average Bonchev–Trinajstić information content (AvgIpc) is 3.32. The lowest BCUT2D eigenvalue weighted by molar-refractivity contribution is 0.0554. The topological polar surface area (TPSA) is 65.8 Å². The summed E-state index contributed by atoms with van der Waals surface area (Å²) in [5.41, 5.74) is 0.678. The van der Waals surface area contributed by atoms with Crippen LogP contribution >= 0.6 is 23.4 Å². The monoisotopic (exact) mass is 405 g/mol. The first-order chi connectivity index (χ1) is 13.1. The van der Waals surface area contributed by atoms with Gasteiger partial charge in [-0.15, -0.1) is 11.8 Å². The van der Waals surface area contributed by atoms with Crippen LogP contribution in [0.5, 0.6) is 0 Å². The number of carbonyl (C=O) groups is 2. The van der Waals surface area contributed by atoms with Gasteiger partial charge in [-0.3, -0.25) is 4.79 Å². The molecule has 0 atom stereocenters. The van der Waals surface area contributed by atoms with Crippen LogP contribution in [0.1, 0.15) is 23.4 Å². The molecule has 1 aromatic carbocycles. The van der Waals surface area contributed by atoms with Gasteiger partial charge in [0.25, 0.3) is 5.91 Å². The molecule has 3 heterocycles. The van der Waals surface area contributed by atoms with Crippen molar-refractivity contribution in [3.05, 3.63) is 53.4 Å². The second kappa shape index (κ2) is 7.48. The zero-order valence-corrected chi connectivity index (χ0v) is 16.3. The van der Waals surface area contributed by atoms with Crippen molar-refractivity contribution < 1.29 is 14.0 Å². The smallest absolute Gasteiger partial charge is 0.321 e. The average molecular weight is 406 g/mol. The standard InChI is InChI=1S/C19H20ClN3O3S/c20-14-3-1-4-15(13-14)21-18(25)22-8-6-19(7-9-22)23(10-12-27-19)17(24)16-5-2-11-26-16/h1-5,11,13H,6-10,12H2,(H,21,25). The Kier molecular flexibility index (Phi) is 5.06. The molecule has 0 radical (unpaired) electrons. The van der Waals surface area contributed by atoms with Crippen molar-refractivity contribution in [2.75, 3.05) is 30.7 Å². The predicted molar refractivity (Wildman–Crippen MR) is 106 cm³/mol. The molecule has 2 aromatic rings. The van der Waals surface area contributed by atoms with Gasteiger partial charge >= 0.3 is 6.03 Å². The number of hydrogen-bond donors (Lipinski definition) is 1. The number of benzene rings is 1. The normalized spacial score (nSPS) is 18.7. The summed E-state index contributed by atoms with van der Waals surface area (Å²) >= 11 is 7.78. The van der Waals surface area contributed by atoms with E-state index in [9.17, 15) is 9.59 Å². The number of thioether (sulfide) groups is 1. The maximum Gasteiger partial charge on any atom is 0.321 e. The number of rotatable bonds is 2. The Morgan fingerprint density at radius 2 is 1.96 bits per heavy atom. The molecular formula is C19H20ClN3O3S. The Morgan fingerprint density at radius 3 is 2.67 bits per heavy atom. The molecule has 8 heteroatoms. The lowest BCUT2D eigenvalue weighted by Gasteiger charge is -2.43. The number of furan rings is 1. The highest BCUT2D eigenvalue weighted by Gasteiger charge is 2.47. The van der Waals surface area contributed by atoms with Crippen LogP contribution in [0, 0.1) is 0 Å². The van der Waals surface area contributed by atoms with Crippen molar-refractivity contribution in [1.82, 2.24) is 9.80 Å². The van der Waals surface area contributed by atoms with E-state index >= 15 is 0 Å². The third-order valence-electron chi connectivity index (χ3n) is 5.06. The zero-order chi connectivity index (χ0) is 18.9. The summed E-state index contributed by atoms with van der Waals surface area (Å²) in [6.07, 6.45) is 3.01. The Balaban J connectivity index is 1.40. The Labute approximate surface area is 166 Å². The van der Waals surface area contributed by atoms with Crippen LogP contribution in [-0.4, -0.2) is 52.0 Å². The van der Waals surface area contributed by atoms with E-state index in [2.05, 4.69) is 5.32 Å². The van der Waals surface area contributed by atoms with Gasteiger partial charge in [-0.05, 0) is 43.2 Å². The molecule has 4 rings (SSSR count). The molecule has 0 bridgehead atoms. The van der Waals surface area contributed by atoms with E-state index in [1.54, 1.807) is 47.0 Å². The van der Waals surface area contributed by atoms with Gasteiger partial charge in [-0.1, -0.05) is 17.7 Å². The molecule has 2 saturated heterocycles. The second-order valence-electron chi connectivity index (χ2n) is 6.66. The molecule has 2 fully saturated rings. The number of nitrogens with one attached hydrogen (secondary N) is 1. The van der Waals surface area contributed by atoms with Gasteiger partial charge in [0.1, 0.15) is 0 Å². The number of piperidine rings is 1. The quantitative estimate of drug-likeness (QED) is 0.815. The maximum absolute atomic E-state index is 12.8. The van der Waals surface area contributed by atoms with E-state index in [1.165, 1.54) is 6.26 Å². The molecule has 6 nitrogen and oxygen atoms in total. The minimum atomic E-state index is -0.253. The largest absolute Gasteiger partial charge is 0.459 e. The highest BCUT2D eigenvalue weighted by molar-refractivity contribution is 8.00. The number of hydrogen-bond acceptors (Lipinski definition) is 4. The molecule has 27 heavy (non-hydrogen) atoms. The van der Waals surface area contributed by atoms with Gasteiger partial charge < -0.3 is 19.5 Å². The van der Waals surface area contributed by atoms with Crippen LogP contribution in [0.4, 0.5) is 10.5 Å². The molecule has 142 valence electrons. The molecule has 2 aliphatic heterocycles. The third-order valence-corrected chi connectivity index (χ3v) is 6.85. The van der Waals surface area contributed by atoms with Crippen molar-refractivity contribution in [2.24, 2.45) is 0 Å². The number of nitrogens with zero attached hydrogens (tertiary/aromatic N) is 2. The number of anilines is 1. The number of halogens is 1. The first kappa shape index (κ1) is 18.3. The van der Waals surface area contributed by atoms with Gasteiger partial charge in [-0.25, -0.2) is 4.79 Å². The molecule has 0 aliphatic carbocycles. The predicted octanol–water partition coefficient (Wildman–Crippen LogP) is 4.15. The van der Waals surface area contributed by atoms with Crippen LogP contribution in [0.15, 0.2) is 47.1 Å². The molecule has 1 aromatic heterocycles. The van der Waals surface area contributed by atoms with E-state index in [-0.39, 0.29) is 16.8 Å². The van der Waals surface area contributed by atoms with E-state index in [0.29, 0.717) is 36.1 Å². The fourth-order valence-electron chi connectivity index (χ4n) is 3.67. The van der Waals surface area contributed by atoms with Crippen LogP contribution < -0.4 is 5.32 Å². The number of amides is 3. The zero-order valence-electron chi connectivity index (χ0n) is 14.7. The molecule has 2 aliphatic rings. The maximum atomic E-state index is 12.8. The van der Waals surface area contributed by atoms with Crippen molar-refractivity contribution in [3.8, 4) is 0 Å². The number of carbonyl (C=O) groups excluding carboxylic acids is 2. The van der Waals surface area contributed by atoms with Gasteiger partial charge in [0.15, 0.2) is 5.76 Å². The fraction of sp³-hybridized carbons (Fsp3) is 0.368. The first-order valence-corrected chi connectivity index (χ1v) is 10.2. The van der Waals surface area contributed by atoms with Gasteiger partial charge in [0.2, 0.25) is 0 Å². The van der Waals surface area contributed by atoms with Crippen LogP contribution in [0.25, 0.3) is 0 Å². The van der Waals surface area contributed by atoms with Gasteiger partial charge in [-0.2, -0.15) is 0 Å². The van der Waals surface area contributed by atoms with Crippen molar-refractivity contribution >= 4 is 41.0 Å². The lowest BCUT2D eigenvalue weighted by Crippen LogP contribution is -2.54. The third kappa shape index (κ3) is 3.66. The summed E-state index contributed by atoms with van der Waals surface area (Å²) in [5.74, 6) is 1.21. The summed E-state index contributed by atoms with van der Waals surface area (Å²) in [4.78, 5) is 28.8. The minimum Gasteiger partial charge on any atom is -0.459 e. The summed E-state index contributed by atoms with van der Waals surface area (Å²) in [7, 11) is 0. The number of likely N-dealkylation sites (tertiary alicyclic amines) is 1. The summed E-state index contributed by atoms with van der Waals surface area (Å²) in [6, 6.07) is 10.4.